The third-order valence-electron chi connectivity index (χ3n) is 4.35. The van der Waals surface area contributed by atoms with Crippen LogP contribution in [0.15, 0.2) is 59.1 Å². The highest BCUT2D eigenvalue weighted by atomic mass is 32.2. The van der Waals surface area contributed by atoms with Gasteiger partial charge in [-0.15, -0.1) is 0 Å². The molecule has 7 heteroatoms. The molecule has 1 saturated heterocycles. The summed E-state index contributed by atoms with van der Waals surface area (Å²) in [6.07, 6.45) is 0.438. The van der Waals surface area contributed by atoms with Gasteiger partial charge in [0, 0.05) is 5.69 Å². The van der Waals surface area contributed by atoms with Crippen molar-refractivity contribution in [3.63, 3.8) is 0 Å². The number of nitriles is 1. The van der Waals surface area contributed by atoms with Crippen LogP contribution >= 0.6 is 11.8 Å². The van der Waals surface area contributed by atoms with Crippen molar-refractivity contribution in [3.8, 4) is 6.07 Å². The molecule has 1 fully saturated rings. The molecule has 29 heavy (non-hydrogen) atoms. The van der Waals surface area contributed by atoms with Crippen molar-refractivity contribution < 1.29 is 18.7 Å². The van der Waals surface area contributed by atoms with Gasteiger partial charge >= 0.3 is 5.97 Å². The summed E-state index contributed by atoms with van der Waals surface area (Å²) < 4.78 is 18.4. The molecule has 0 radical (unpaired) electrons. The number of carbonyl (C=O) groups is 2. The number of hydrogen-bond acceptors (Lipinski definition) is 5. The van der Waals surface area contributed by atoms with E-state index in [0.29, 0.717) is 12.1 Å². The lowest BCUT2D eigenvalue weighted by Gasteiger charge is -2.18. The molecule has 1 unspecified atom stereocenters. The number of aryl methyl sites for hydroxylation is 1. The van der Waals surface area contributed by atoms with Crippen LogP contribution in [0.3, 0.4) is 0 Å². The number of nitrogens with zero attached hydrogens (tertiary/aromatic N) is 2. The minimum absolute atomic E-state index is 0.110. The van der Waals surface area contributed by atoms with Gasteiger partial charge in [-0.05, 0) is 50.1 Å². The zero-order chi connectivity index (χ0) is 21.0. The molecule has 0 aliphatic carbocycles. The number of halogens is 1. The molecule has 1 heterocycles. The summed E-state index contributed by atoms with van der Waals surface area (Å²) >= 11 is 1.15. The number of rotatable bonds is 5. The maximum Gasteiger partial charge on any atom is 0.351 e. The summed E-state index contributed by atoms with van der Waals surface area (Å²) in [6.45, 7) is 3.72. The molecule has 0 aromatic heterocycles. The Kier molecular flexibility index (Phi) is 6.35. The molecular weight excluding hydrogens is 391 g/mol. The molecule has 1 amide bonds. The number of carbonyl (C=O) groups excluding carboxylic acids is 2. The maximum absolute atomic E-state index is 13.4. The first-order valence-corrected chi connectivity index (χ1v) is 9.95. The third-order valence-corrected chi connectivity index (χ3v) is 5.61. The number of thioether (sulfide) groups is 1. The van der Waals surface area contributed by atoms with E-state index in [4.69, 9.17) is 4.74 Å². The van der Waals surface area contributed by atoms with Gasteiger partial charge in [-0.25, -0.2) is 9.18 Å². The largest absolute Gasteiger partial charge is 0.462 e. The van der Waals surface area contributed by atoms with Gasteiger partial charge in [0.2, 0.25) is 5.91 Å². The zero-order valence-electron chi connectivity index (χ0n) is 16.0. The van der Waals surface area contributed by atoms with E-state index in [2.05, 4.69) is 0 Å². The number of amides is 1. The number of ether oxygens (including phenoxy) is 1. The summed E-state index contributed by atoms with van der Waals surface area (Å²) in [5.74, 6) is -1.50. The summed E-state index contributed by atoms with van der Waals surface area (Å²) in [5, 5.41) is 9.26. The van der Waals surface area contributed by atoms with Crippen LogP contribution < -0.4 is 4.90 Å². The first-order valence-electron chi connectivity index (χ1n) is 9.07. The van der Waals surface area contributed by atoms with Crippen LogP contribution in [0.25, 0.3) is 0 Å². The van der Waals surface area contributed by atoms with Crippen LogP contribution in [0.2, 0.25) is 0 Å². The Bertz CT molecular complexity index is 1010. The van der Waals surface area contributed by atoms with E-state index < -0.39 is 17.0 Å². The Hall–Kier alpha value is -3.11. The van der Waals surface area contributed by atoms with Crippen LogP contribution in [0, 0.1) is 24.1 Å². The molecule has 0 N–H and O–H groups in total. The van der Waals surface area contributed by atoms with Crippen LogP contribution in [0.1, 0.15) is 18.1 Å². The standard InChI is InChI=1S/C22H19FN2O3S/c1-3-28-22(27)18(13-24)21-25(17-9-7-16(23)8-10-17)20(26)19(29-21)12-15-6-4-5-14(2)11-15/h4-11,19H,3,12H2,1-2H3/b21-18-. The number of hydrogen-bond donors (Lipinski definition) is 0. The van der Waals surface area contributed by atoms with Gasteiger partial charge in [0.15, 0.2) is 5.57 Å². The van der Waals surface area contributed by atoms with Gasteiger partial charge in [-0.3, -0.25) is 9.69 Å². The van der Waals surface area contributed by atoms with Gasteiger partial charge in [0.05, 0.1) is 11.9 Å². The molecule has 1 aliphatic rings. The van der Waals surface area contributed by atoms with Gasteiger partial charge in [0.1, 0.15) is 16.9 Å². The van der Waals surface area contributed by atoms with E-state index in [1.807, 2.05) is 37.3 Å². The molecule has 3 rings (SSSR count). The first kappa shape index (κ1) is 20.6. The average Bonchev–Trinajstić information content (AvgIpc) is 2.99. The summed E-state index contributed by atoms with van der Waals surface area (Å²) in [6, 6.07) is 15.0. The molecule has 2 aromatic rings. The molecule has 148 valence electrons. The monoisotopic (exact) mass is 410 g/mol. The van der Waals surface area contributed by atoms with Crippen molar-refractivity contribution in [1.82, 2.24) is 0 Å². The summed E-state index contributed by atoms with van der Waals surface area (Å²) in [5.41, 5.74) is 2.21. The van der Waals surface area contributed by atoms with E-state index in [-0.39, 0.29) is 23.1 Å². The topological polar surface area (TPSA) is 70.4 Å². The highest BCUT2D eigenvalue weighted by Crippen LogP contribution is 2.42. The van der Waals surface area contributed by atoms with Crippen molar-refractivity contribution in [1.29, 1.82) is 5.26 Å². The normalized spacial score (nSPS) is 17.8. The second kappa shape index (κ2) is 8.93. The minimum atomic E-state index is -0.784. The second-order valence-corrected chi connectivity index (χ2v) is 7.65. The molecule has 1 atom stereocenters. The predicted octanol–water partition coefficient (Wildman–Crippen LogP) is 4.12. The number of benzene rings is 2. The number of esters is 1. The Labute approximate surface area is 172 Å². The van der Waals surface area contributed by atoms with Crippen LogP contribution in [-0.2, 0) is 20.7 Å². The summed E-state index contributed by atoms with van der Waals surface area (Å²) in [4.78, 5) is 26.8. The Balaban J connectivity index is 2.03. The van der Waals surface area contributed by atoms with Crippen LogP contribution in [0.5, 0.6) is 0 Å². The fourth-order valence-corrected chi connectivity index (χ4v) is 4.35. The average molecular weight is 410 g/mol. The molecule has 2 aromatic carbocycles. The van der Waals surface area contributed by atoms with Crippen LogP contribution in [-0.4, -0.2) is 23.7 Å². The van der Waals surface area contributed by atoms with Crippen molar-refractivity contribution in [2.45, 2.75) is 25.5 Å². The fraction of sp³-hybridized carbons (Fsp3) is 0.227. The molecule has 1 aliphatic heterocycles. The van der Waals surface area contributed by atoms with E-state index in [1.54, 1.807) is 6.92 Å². The lowest BCUT2D eigenvalue weighted by molar-refractivity contribution is -0.138. The highest BCUT2D eigenvalue weighted by molar-refractivity contribution is 8.05. The molecule has 0 spiro atoms. The van der Waals surface area contributed by atoms with Crippen molar-refractivity contribution >= 4 is 29.3 Å². The van der Waals surface area contributed by atoms with Crippen molar-refractivity contribution in [2.75, 3.05) is 11.5 Å². The minimum Gasteiger partial charge on any atom is -0.462 e. The molecular formula is C22H19FN2O3S. The van der Waals surface area contributed by atoms with Crippen molar-refractivity contribution in [2.24, 2.45) is 0 Å². The quantitative estimate of drug-likeness (QED) is 0.421. The fourth-order valence-electron chi connectivity index (χ4n) is 3.05. The Morgan fingerprint density at radius 2 is 2.00 bits per heavy atom. The molecule has 5 nitrogen and oxygen atoms in total. The summed E-state index contributed by atoms with van der Waals surface area (Å²) in [7, 11) is 0. The zero-order valence-corrected chi connectivity index (χ0v) is 16.8. The molecule has 0 bridgehead atoms. The smallest absolute Gasteiger partial charge is 0.351 e. The predicted molar refractivity (Wildman–Crippen MR) is 109 cm³/mol. The third kappa shape index (κ3) is 4.49. The van der Waals surface area contributed by atoms with Gasteiger partial charge in [-0.2, -0.15) is 5.26 Å². The lowest BCUT2D eigenvalue weighted by atomic mass is 10.1. The maximum atomic E-state index is 13.4. The van der Waals surface area contributed by atoms with E-state index in [0.717, 1.165) is 22.9 Å². The Morgan fingerprint density at radius 3 is 2.62 bits per heavy atom. The second-order valence-electron chi connectivity index (χ2n) is 6.46. The molecule has 0 saturated carbocycles. The van der Waals surface area contributed by atoms with Gasteiger partial charge < -0.3 is 4.74 Å². The van der Waals surface area contributed by atoms with Gasteiger partial charge in [0.25, 0.3) is 0 Å². The highest BCUT2D eigenvalue weighted by Gasteiger charge is 2.41. The number of anilines is 1. The van der Waals surface area contributed by atoms with E-state index >= 15 is 0 Å². The van der Waals surface area contributed by atoms with E-state index in [1.165, 1.54) is 29.2 Å². The van der Waals surface area contributed by atoms with Crippen molar-refractivity contribution in [3.05, 3.63) is 76.1 Å². The van der Waals surface area contributed by atoms with E-state index in [9.17, 15) is 19.2 Å². The SMILES string of the molecule is CCOC(=O)/C(C#N)=C1\SC(Cc2cccc(C)c2)C(=O)N1c1ccc(F)cc1. The van der Waals surface area contributed by atoms with Gasteiger partial charge in [-0.1, -0.05) is 41.6 Å². The lowest BCUT2D eigenvalue weighted by Crippen LogP contribution is -2.30. The Morgan fingerprint density at radius 1 is 1.28 bits per heavy atom. The first-order chi connectivity index (χ1) is 13.9. The van der Waals surface area contributed by atoms with Crippen LogP contribution in [0.4, 0.5) is 10.1 Å².